The lowest BCUT2D eigenvalue weighted by Gasteiger charge is -2.08. The molecule has 7 heteroatoms. The Bertz CT molecular complexity index is 988. The monoisotopic (exact) mass is 339 g/mol. The Morgan fingerprint density at radius 3 is 2.35 bits per heavy atom. The summed E-state index contributed by atoms with van der Waals surface area (Å²) in [5, 5.41) is 0.581. The van der Waals surface area contributed by atoms with Gasteiger partial charge in [0.05, 0.1) is 17.3 Å². The van der Waals surface area contributed by atoms with E-state index in [2.05, 4.69) is 0 Å². The minimum absolute atomic E-state index is 0.318. The van der Waals surface area contributed by atoms with Crippen molar-refractivity contribution in [3.8, 4) is 11.1 Å². The molecule has 0 atom stereocenters. The molecule has 3 rings (SSSR count). The summed E-state index contributed by atoms with van der Waals surface area (Å²) in [6.07, 6.45) is -2.05. The Kier molecular flexibility index (Phi) is 3.48. The minimum Gasteiger partial charge on any atom is -0.245 e. The molecule has 0 amide bonds. The zero-order valence-corrected chi connectivity index (χ0v) is 12.8. The van der Waals surface area contributed by atoms with Crippen LogP contribution in [0.2, 0.25) is 0 Å². The topological polar surface area (TPSA) is 39.1 Å². The highest BCUT2D eigenvalue weighted by Crippen LogP contribution is 2.35. The van der Waals surface area contributed by atoms with Crippen LogP contribution in [-0.2, 0) is 16.2 Å². The fourth-order valence-electron chi connectivity index (χ4n) is 2.52. The lowest BCUT2D eigenvalue weighted by molar-refractivity contribution is -0.137. The Labute approximate surface area is 131 Å². The first kappa shape index (κ1) is 15.6. The molecule has 0 unspecified atom stereocenters. The molecule has 120 valence electrons. The SMILES string of the molecule is CS(=O)(=O)n1cc(-c2cccc(C(F)(F)F)c2)c2ccccc21. The van der Waals surface area contributed by atoms with Gasteiger partial charge in [-0.2, -0.15) is 13.2 Å². The van der Waals surface area contributed by atoms with Crippen LogP contribution < -0.4 is 0 Å². The lowest BCUT2D eigenvalue weighted by Crippen LogP contribution is -2.08. The van der Waals surface area contributed by atoms with Gasteiger partial charge in [-0.3, -0.25) is 0 Å². The van der Waals surface area contributed by atoms with Gasteiger partial charge in [-0.15, -0.1) is 0 Å². The molecule has 0 aliphatic heterocycles. The predicted octanol–water partition coefficient (Wildman–Crippen LogP) is 4.13. The quantitative estimate of drug-likeness (QED) is 0.704. The van der Waals surface area contributed by atoms with E-state index < -0.39 is 21.8 Å². The molecule has 0 radical (unpaired) electrons. The third kappa shape index (κ3) is 2.84. The number of fused-ring (bicyclic) bond motifs is 1. The smallest absolute Gasteiger partial charge is 0.245 e. The molecule has 0 aliphatic carbocycles. The van der Waals surface area contributed by atoms with E-state index in [9.17, 15) is 21.6 Å². The van der Waals surface area contributed by atoms with Crippen molar-refractivity contribution in [2.24, 2.45) is 0 Å². The highest BCUT2D eigenvalue weighted by atomic mass is 32.2. The minimum atomic E-state index is -4.45. The summed E-state index contributed by atoms with van der Waals surface area (Å²) in [5.41, 5.74) is 0.421. The zero-order chi connectivity index (χ0) is 16.8. The number of hydrogen-bond donors (Lipinski definition) is 0. The second kappa shape index (κ2) is 5.13. The third-order valence-corrected chi connectivity index (χ3v) is 4.55. The number of benzene rings is 2. The lowest BCUT2D eigenvalue weighted by atomic mass is 10.0. The van der Waals surface area contributed by atoms with Crippen LogP contribution in [-0.4, -0.2) is 18.6 Å². The average molecular weight is 339 g/mol. The van der Waals surface area contributed by atoms with Crippen molar-refractivity contribution in [2.75, 3.05) is 6.26 Å². The summed E-state index contributed by atoms with van der Waals surface area (Å²) >= 11 is 0. The number of nitrogens with zero attached hydrogens (tertiary/aromatic N) is 1. The fraction of sp³-hybridized carbons (Fsp3) is 0.125. The molecule has 0 saturated heterocycles. The number of aromatic nitrogens is 1. The molecule has 0 bridgehead atoms. The van der Waals surface area contributed by atoms with Crippen molar-refractivity contribution >= 4 is 20.9 Å². The van der Waals surface area contributed by atoms with Crippen molar-refractivity contribution in [1.29, 1.82) is 0 Å². The van der Waals surface area contributed by atoms with Crippen LogP contribution in [0, 0.1) is 0 Å². The van der Waals surface area contributed by atoms with Gasteiger partial charge in [0.1, 0.15) is 0 Å². The Morgan fingerprint density at radius 1 is 1.00 bits per heavy atom. The number of hydrogen-bond acceptors (Lipinski definition) is 2. The van der Waals surface area contributed by atoms with Crippen LogP contribution in [0.1, 0.15) is 5.56 Å². The van der Waals surface area contributed by atoms with E-state index >= 15 is 0 Å². The maximum atomic E-state index is 12.9. The van der Waals surface area contributed by atoms with Gasteiger partial charge in [0.2, 0.25) is 10.0 Å². The van der Waals surface area contributed by atoms with E-state index in [1.165, 1.54) is 18.3 Å². The second-order valence-corrected chi connectivity index (χ2v) is 7.06. The molecular weight excluding hydrogens is 327 g/mol. The molecule has 1 heterocycles. The first-order valence-electron chi connectivity index (χ1n) is 6.66. The van der Waals surface area contributed by atoms with Gasteiger partial charge in [-0.1, -0.05) is 30.3 Å². The van der Waals surface area contributed by atoms with Crippen molar-refractivity contribution in [1.82, 2.24) is 3.97 Å². The third-order valence-electron chi connectivity index (χ3n) is 3.54. The molecule has 2 aromatic carbocycles. The Balaban J connectivity index is 2.30. The van der Waals surface area contributed by atoms with Gasteiger partial charge >= 0.3 is 6.18 Å². The molecule has 3 nitrogen and oxygen atoms in total. The number of rotatable bonds is 2. The van der Waals surface area contributed by atoms with Crippen LogP contribution in [0.4, 0.5) is 13.2 Å². The van der Waals surface area contributed by atoms with Gasteiger partial charge in [-0.05, 0) is 23.8 Å². The van der Waals surface area contributed by atoms with Gasteiger partial charge in [-0.25, -0.2) is 12.4 Å². The van der Waals surface area contributed by atoms with E-state index in [0.717, 1.165) is 22.4 Å². The summed E-state index contributed by atoms with van der Waals surface area (Å²) in [4.78, 5) is 0. The Hall–Kier alpha value is -2.28. The fourth-order valence-corrected chi connectivity index (χ4v) is 3.33. The molecule has 1 aromatic heterocycles. The Morgan fingerprint density at radius 2 is 1.70 bits per heavy atom. The molecule has 0 fully saturated rings. The van der Waals surface area contributed by atoms with Gasteiger partial charge < -0.3 is 0 Å². The summed E-state index contributed by atoms with van der Waals surface area (Å²) in [6.45, 7) is 0. The zero-order valence-electron chi connectivity index (χ0n) is 12.0. The molecule has 0 saturated carbocycles. The van der Waals surface area contributed by atoms with Gasteiger partial charge in [0.25, 0.3) is 0 Å². The normalized spacial score (nSPS) is 12.7. The number of para-hydroxylation sites is 1. The van der Waals surface area contributed by atoms with Crippen LogP contribution in [0.3, 0.4) is 0 Å². The predicted molar refractivity (Wildman–Crippen MR) is 82.6 cm³/mol. The maximum absolute atomic E-state index is 12.9. The van der Waals surface area contributed by atoms with E-state index in [4.69, 9.17) is 0 Å². The summed E-state index contributed by atoms with van der Waals surface area (Å²) in [7, 11) is -3.56. The number of alkyl halides is 3. The standard InChI is InChI=1S/C16H12F3NO2S/c1-23(21,22)20-10-14(13-7-2-3-8-15(13)20)11-5-4-6-12(9-11)16(17,18)19/h2-10H,1H3. The summed E-state index contributed by atoms with van der Waals surface area (Å²) < 4.78 is 63.6. The van der Waals surface area contributed by atoms with E-state index in [-0.39, 0.29) is 0 Å². The largest absolute Gasteiger partial charge is 0.416 e. The van der Waals surface area contributed by atoms with E-state index in [0.29, 0.717) is 22.0 Å². The molecule has 0 N–H and O–H groups in total. The molecule has 0 spiro atoms. The van der Waals surface area contributed by atoms with Crippen molar-refractivity contribution < 1.29 is 21.6 Å². The van der Waals surface area contributed by atoms with Gasteiger partial charge in [0, 0.05) is 17.1 Å². The van der Waals surface area contributed by atoms with E-state index in [1.54, 1.807) is 24.3 Å². The summed E-state index contributed by atoms with van der Waals surface area (Å²) in [6, 6.07) is 11.5. The highest BCUT2D eigenvalue weighted by molar-refractivity contribution is 7.89. The maximum Gasteiger partial charge on any atom is 0.416 e. The first-order chi connectivity index (χ1) is 10.7. The molecule has 0 aliphatic rings. The highest BCUT2D eigenvalue weighted by Gasteiger charge is 2.30. The first-order valence-corrected chi connectivity index (χ1v) is 8.51. The van der Waals surface area contributed by atoms with Crippen LogP contribution in [0.25, 0.3) is 22.0 Å². The van der Waals surface area contributed by atoms with Crippen molar-refractivity contribution in [2.45, 2.75) is 6.18 Å². The van der Waals surface area contributed by atoms with Gasteiger partial charge in [0.15, 0.2) is 0 Å². The molecule has 3 aromatic rings. The second-order valence-electron chi connectivity index (χ2n) is 5.20. The van der Waals surface area contributed by atoms with Crippen LogP contribution in [0.5, 0.6) is 0 Å². The van der Waals surface area contributed by atoms with Crippen molar-refractivity contribution in [3.05, 3.63) is 60.3 Å². The summed E-state index contributed by atoms with van der Waals surface area (Å²) in [5.74, 6) is 0. The number of halogens is 3. The van der Waals surface area contributed by atoms with Crippen LogP contribution in [0.15, 0.2) is 54.7 Å². The van der Waals surface area contributed by atoms with E-state index in [1.807, 2.05) is 0 Å². The van der Waals surface area contributed by atoms with Crippen LogP contribution >= 0.6 is 0 Å². The van der Waals surface area contributed by atoms with Crippen molar-refractivity contribution in [3.63, 3.8) is 0 Å². The molecular formula is C16H12F3NO2S. The average Bonchev–Trinajstić information content (AvgIpc) is 2.86. The molecule has 23 heavy (non-hydrogen) atoms.